The van der Waals surface area contributed by atoms with Crippen LogP contribution in [0.2, 0.25) is 0 Å². The van der Waals surface area contributed by atoms with Crippen LogP contribution < -0.4 is 5.32 Å². The second kappa shape index (κ2) is 10.2. The first kappa shape index (κ1) is 22.4. The number of hydrogen-bond acceptors (Lipinski definition) is 4. The quantitative estimate of drug-likeness (QED) is 0.242. The molecule has 1 heterocycles. The summed E-state index contributed by atoms with van der Waals surface area (Å²) in [6.07, 6.45) is 1.02. The number of rotatable bonds is 7. The summed E-state index contributed by atoms with van der Waals surface area (Å²) in [5, 5.41) is 8.38. The van der Waals surface area contributed by atoms with Gasteiger partial charge in [0.1, 0.15) is 18.2 Å². The van der Waals surface area contributed by atoms with Crippen LogP contribution in [0.3, 0.4) is 0 Å². The van der Waals surface area contributed by atoms with Crippen LogP contribution in [-0.2, 0) is 11.4 Å². The molecule has 0 bridgehead atoms. The highest BCUT2D eigenvalue weighted by molar-refractivity contribution is 7.12. The van der Waals surface area contributed by atoms with Crippen LogP contribution in [0, 0.1) is 18.6 Å². The van der Waals surface area contributed by atoms with E-state index >= 15 is 0 Å². The highest BCUT2D eigenvalue weighted by Gasteiger charge is 2.16. The van der Waals surface area contributed by atoms with Gasteiger partial charge in [0.25, 0.3) is 5.91 Å². The maximum atomic E-state index is 14.7. The van der Waals surface area contributed by atoms with Gasteiger partial charge in [0.2, 0.25) is 0 Å². The molecule has 7 heteroatoms. The van der Waals surface area contributed by atoms with Crippen molar-refractivity contribution in [1.82, 2.24) is 0 Å². The van der Waals surface area contributed by atoms with Crippen LogP contribution in [0.15, 0.2) is 83.3 Å². The van der Waals surface area contributed by atoms with E-state index in [9.17, 15) is 13.6 Å². The smallest absolute Gasteiger partial charge is 0.266 e. The molecule has 0 spiro atoms. The lowest BCUT2D eigenvalue weighted by atomic mass is 10.0. The van der Waals surface area contributed by atoms with Crippen LogP contribution in [0.25, 0.3) is 11.1 Å². The van der Waals surface area contributed by atoms with E-state index in [-0.39, 0.29) is 18.1 Å². The van der Waals surface area contributed by atoms with Crippen LogP contribution in [0.5, 0.6) is 0 Å². The lowest BCUT2D eigenvalue weighted by molar-refractivity contribution is 0.103. The number of oxime groups is 1. The maximum absolute atomic E-state index is 14.7. The lowest BCUT2D eigenvalue weighted by Gasteiger charge is -2.12. The Morgan fingerprint density at radius 2 is 1.73 bits per heavy atom. The van der Waals surface area contributed by atoms with Crippen LogP contribution in [0.1, 0.15) is 26.4 Å². The average molecular weight is 463 g/mol. The van der Waals surface area contributed by atoms with Crippen molar-refractivity contribution in [3.63, 3.8) is 0 Å². The van der Waals surface area contributed by atoms with Crippen molar-refractivity contribution in [2.45, 2.75) is 13.5 Å². The van der Waals surface area contributed by atoms with Crippen molar-refractivity contribution in [3.05, 3.63) is 111 Å². The van der Waals surface area contributed by atoms with Gasteiger partial charge in [-0.1, -0.05) is 53.7 Å². The predicted octanol–water partition coefficient (Wildman–Crippen LogP) is 6.80. The van der Waals surface area contributed by atoms with E-state index in [0.717, 1.165) is 17.3 Å². The lowest BCUT2D eigenvalue weighted by Crippen LogP contribution is -2.12. The van der Waals surface area contributed by atoms with E-state index in [0.29, 0.717) is 21.7 Å². The summed E-state index contributed by atoms with van der Waals surface area (Å²) in [5.41, 5.74) is 2.71. The second-order valence-corrected chi connectivity index (χ2v) is 8.20. The number of nitrogens with zero attached hydrogens (tertiary/aromatic N) is 1. The van der Waals surface area contributed by atoms with Crippen molar-refractivity contribution in [2.75, 3.05) is 5.32 Å². The standard InChI is InChI=1S/C26H20F2N2O2S/c1-17-11-12-33-25(17)26(31)30-24-10-6-5-9-20(24)19-13-22(27)21(23(28)14-19)15-29-32-16-18-7-3-2-4-8-18/h2-15H,16H2,1H3,(H,30,31)/b29-15+. The number of para-hydroxylation sites is 1. The normalized spacial score (nSPS) is 11.0. The van der Waals surface area contributed by atoms with Gasteiger partial charge < -0.3 is 10.2 Å². The fourth-order valence-electron chi connectivity index (χ4n) is 3.27. The van der Waals surface area contributed by atoms with Crippen LogP contribution in [0.4, 0.5) is 14.5 Å². The van der Waals surface area contributed by atoms with E-state index in [1.54, 1.807) is 24.3 Å². The molecule has 0 aliphatic heterocycles. The molecule has 0 aliphatic carbocycles. The predicted molar refractivity (Wildman–Crippen MR) is 128 cm³/mol. The Balaban J connectivity index is 1.54. The number of aryl methyl sites for hydroxylation is 1. The maximum Gasteiger partial charge on any atom is 0.266 e. The molecule has 3 aromatic carbocycles. The van der Waals surface area contributed by atoms with Crippen molar-refractivity contribution < 1.29 is 18.4 Å². The molecule has 1 N–H and O–H groups in total. The molecule has 4 rings (SSSR count). The Hall–Kier alpha value is -3.84. The average Bonchev–Trinajstić information content (AvgIpc) is 3.25. The Morgan fingerprint density at radius 3 is 2.42 bits per heavy atom. The number of amides is 1. The van der Waals surface area contributed by atoms with E-state index in [4.69, 9.17) is 4.84 Å². The fourth-order valence-corrected chi connectivity index (χ4v) is 4.09. The number of carbonyl (C=O) groups is 1. The summed E-state index contributed by atoms with van der Waals surface area (Å²) < 4.78 is 29.5. The number of anilines is 1. The molecule has 1 aromatic heterocycles. The third-order valence-corrected chi connectivity index (χ3v) is 5.98. The van der Waals surface area contributed by atoms with E-state index in [2.05, 4.69) is 10.5 Å². The molecule has 0 aliphatic rings. The number of benzene rings is 3. The van der Waals surface area contributed by atoms with Gasteiger partial charge in [-0.15, -0.1) is 11.3 Å². The van der Waals surface area contributed by atoms with E-state index in [1.165, 1.54) is 23.5 Å². The molecule has 4 aromatic rings. The number of hydrogen-bond donors (Lipinski definition) is 1. The molecule has 4 nitrogen and oxygen atoms in total. The fraction of sp³-hybridized carbons (Fsp3) is 0.0769. The number of carbonyl (C=O) groups excluding carboxylic acids is 1. The van der Waals surface area contributed by atoms with Gasteiger partial charge in [0, 0.05) is 11.3 Å². The minimum absolute atomic E-state index is 0.190. The molecular weight excluding hydrogens is 442 g/mol. The van der Waals surface area contributed by atoms with Gasteiger partial charge in [-0.3, -0.25) is 4.79 Å². The molecule has 1 amide bonds. The first-order valence-electron chi connectivity index (χ1n) is 10.2. The third-order valence-electron chi connectivity index (χ3n) is 4.96. The minimum atomic E-state index is -0.785. The monoisotopic (exact) mass is 462 g/mol. The molecule has 166 valence electrons. The minimum Gasteiger partial charge on any atom is -0.391 e. The molecule has 33 heavy (non-hydrogen) atoms. The first-order valence-corrected chi connectivity index (χ1v) is 11.0. The van der Waals surface area contributed by atoms with E-state index in [1.807, 2.05) is 48.7 Å². The van der Waals surface area contributed by atoms with Crippen LogP contribution in [-0.4, -0.2) is 12.1 Å². The van der Waals surface area contributed by atoms with Gasteiger partial charge in [-0.05, 0) is 53.3 Å². The summed E-state index contributed by atoms with van der Waals surface area (Å²) in [6.45, 7) is 2.04. The summed E-state index contributed by atoms with van der Waals surface area (Å²) in [7, 11) is 0. The topological polar surface area (TPSA) is 50.7 Å². The molecular formula is C26H20F2N2O2S. The molecule has 0 fully saturated rings. The molecule has 0 atom stereocenters. The number of thiophene rings is 1. The molecule has 0 saturated carbocycles. The van der Waals surface area contributed by atoms with Crippen molar-refractivity contribution in [3.8, 4) is 11.1 Å². The highest BCUT2D eigenvalue weighted by atomic mass is 32.1. The largest absolute Gasteiger partial charge is 0.391 e. The Labute approximate surface area is 194 Å². The van der Waals surface area contributed by atoms with E-state index < -0.39 is 11.6 Å². The van der Waals surface area contributed by atoms with Crippen LogP contribution >= 0.6 is 11.3 Å². The van der Waals surface area contributed by atoms with Gasteiger partial charge >= 0.3 is 0 Å². The van der Waals surface area contributed by atoms with Crippen molar-refractivity contribution in [1.29, 1.82) is 0 Å². The first-order chi connectivity index (χ1) is 16.0. The zero-order valence-electron chi connectivity index (χ0n) is 17.7. The second-order valence-electron chi connectivity index (χ2n) is 7.28. The Bertz CT molecular complexity index is 1280. The zero-order chi connectivity index (χ0) is 23.2. The molecule has 0 radical (unpaired) electrons. The number of nitrogens with one attached hydrogen (secondary N) is 1. The molecule has 0 saturated heterocycles. The zero-order valence-corrected chi connectivity index (χ0v) is 18.5. The van der Waals surface area contributed by atoms with Gasteiger partial charge in [0.05, 0.1) is 16.7 Å². The SMILES string of the molecule is Cc1ccsc1C(=O)Nc1ccccc1-c1cc(F)c(/C=N/OCc2ccccc2)c(F)c1. The van der Waals surface area contributed by atoms with Crippen molar-refractivity contribution in [2.24, 2.45) is 5.16 Å². The summed E-state index contributed by atoms with van der Waals surface area (Å²) >= 11 is 1.33. The summed E-state index contributed by atoms with van der Waals surface area (Å²) in [6, 6.07) is 20.5. The van der Waals surface area contributed by atoms with Gasteiger partial charge in [0.15, 0.2) is 0 Å². The highest BCUT2D eigenvalue weighted by Crippen LogP contribution is 2.31. The summed E-state index contributed by atoms with van der Waals surface area (Å²) in [4.78, 5) is 18.4. The Morgan fingerprint density at radius 1 is 1.03 bits per heavy atom. The summed E-state index contributed by atoms with van der Waals surface area (Å²) in [5.74, 6) is -1.84. The Kier molecular flexibility index (Phi) is 6.90. The van der Waals surface area contributed by atoms with Gasteiger partial charge in [-0.25, -0.2) is 8.78 Å². The van der Waals surface area contributed by atoms with Gasteiger partial charge in [-0.2, -0.15) is 0 Å². The van der Waals surface area contributed by atoms with Crippen molar-refractivity contribution >= 4 is 29.1 Å². The number of halogens is 2. The molecule has 0 unspecified atom stereocenters. The third kappa shape index (κ3) is 5.32.